The molecule has 4 fully saturated rings. The molecule has 12 atom stereocenters. The van der Waals surface area contributed by atoms with E-state index in [0.717, 1.165) is 58.4 Å². The van der Waals surface area contributed by atoms with Gasteiger partial charge >= 0.3 is 37.9 Å². The van der Waals surface area contributed by atoms with Crippen molar-refractivity contribution in [3.8, 4) is 22.3 Å². The molecule has 0 heterocycles. The van der Waals surface area contributed by atoms with Gasteiger partial charge in [-0.15, -0.1) is 0 Å². The average molecular weight is 1370 g/mol. The van der Waals surface area contributed by atoms with Crippen molar-refractivity contribution in [3.05, 3.63) is 215 Å². The van der Waals surface area contributed by atoms with Gasteiger partial charge in [0.2, 0.25) is 0 Å². The van der Waals surface area contributed by atoms with Crippen LogP contribution in [-0.2, 0) is 42.5 Å². The van der Waals surface area contributed by atoms with E-state index in [9.17, 15) is 0 Å². The SMILES string of the molecule is CC1=Cc2c(-c3ccc(C(C)(C)C)cc3)cccc2C1[Si](C)(C)C1C(C)=Cc2c(-c3ccc(C(C)(C)C)cc3)cccc21.CC1CC2C(c3ccc(C(C)(C)C)cc3)CCCC2C1[Si](C)(C)C1C(C)CC2C(c3ccc(C(C)(C)C)cc3)CCCC21.[CH3-].[CH3-].[Cl][Zr+2][Cl]. The second-order valence-corrected chi connectivity index (χ2v) is 48.1. The van der Waals surface area contributed by atoms with E-state index < -0.39 is 37.0 Å². The van der Waals surface area contributed by atoms with Crippen LogP contribution in [0.3, 0.4) is 0 Å². The van der Waals surface area contributed by atoms with Gasteiger partial charge in [-0.1, -0.05) is 306 Å². The number of benzene rings is 6. The molecule has 12 unspecified atom stereocenters. The van der Waals surface area contributed by atoms with E-state index in [1.54, 1.807) is 11.1 Å². The first kappa shape index (κ1) is 73.5. The molecule has 0 spiro atoms. The van der Waals surface area contributed by atoms with Gasteiger partial charge in [-0.2, -0.15) is 0 Å². The molecule has 0 radical (unpaired) electrons. The van der Waals surface area contributed by atoms with Crippen molar-refractivity contribution < 1.29 is 20.8 Å². The van der Waals surface area contributed by atoms with Crippen molar-refractivity contribution in [1.82, 2.24) is 0 Å². The molecule has 4 saturated carbocycles. The molecule has 6 aliphatic rings. The first-order valence-electron chi connectivity index (χ1n) is 34.8. The molecule has 0 aliphatic heterocycles. The fraction of sp³-hybridized carbons (Fsp3) is 0.512. The molecule has 12 rings (SSSR count). The summed E-state index contributed by atoms with van der Waals surface area (Å²) in [6.07, 6.45) is 16.7. The Morgan fingerprint density at radius 2 is 0.692 bits per heavy atom. The zero-order valence-electron chi connectivity index (χ0n) is 60.7. The summed E-state index contributed by atoms with van der Waals surface area (Å²) < 4.78 is 0. The predicted octanol–water partition coefficient (Wildman–Crippen LogP) is 26.9. The van der Waals surface area contributed by atoms with Gasteiger partial charge in [0.05, 0.1) is 16.1 Å². The van der Waals surface area contributed by atoms with Gasteiger partial charge in [0.25, 0.3) is 0 Å². The van der Waals surface area contributed by atoms with Crippen molar-refractivity contribution in [2.45, 2.75) is 244 Å². The zero-order chi connectivity index (χ0) is 64.5. The van der Waals surface area contributed by atoms with Gasteiger partial charge in [0.1, 0.15) is 0 Å². The summed E-state index contributed by atoms with van der Waals surface area (Å²) in [6, 6.07) is 52.5. The summed E-state index contributed by atoms with van der Waals surface area (Å²) in [4.78, 5) is 0. The van der Waals surface area contributed by atoms with E-state index in [-0.39, 0.29) is 36.5 Å². The van der Waals surface area contributed by atoms with Crippen LogP contribution in [0.2, 0.25) is 37.3 Å². The summed E-state index contributed by atoms with van der Waals surface area (Å²) in [5.74, 6) is 7.13. The van der Waals surface area contributed by atoms with Crippen molar-refractivity contribution in [2.24, 2.45) is 35.5 Å². The predicted molar refractivity (Wildman–Crippen MR) is 406 cm³/mol. The van der Waals surface area contributed by atoms with Gasteiger partial charge in [0.15, 0.2) is 0 Å². The molecule has 6 aromatic rings. The Morgan fingerprint density at radius 1 is 0.396 bits per heavy atom. The Bertz CT molecular complexity index is 3250. The van der Waals surface area contributed by atoms with E-state index in [2.05, 4.69) is 283 Å². The Kier molecular flexibility index (Phi) is 23.0. The molecule has 0 aromatic heterocycles. The van der Waals surface area contributed by atoms with Crippen LogP contribution in [0.4, 0.5) is 0 Å². The van der Waals surface area contributed by atoms with Gasteiger partial charge in [-0.05, 0) is 198 Å². The summed E-state index contributed by atoms with van der Waals surface area (Å²) >= 11 is -0.826. The minimum atomic E-state index is -1.92. The van der Waals surface area contributed by atoms with Crippen LogP contribution >= 0.6 is 17.0 Å². The monoisotopic (exact) mass is 1370 g/mol. The standard InChI is InChI=1S/C42H64Si.C42H48Si.2CH3.2ClH.Zr/c2*1-27-25-37-33(29-17-21-31(22-18-29)41(3,4)5)13-11-15-35(37)39(27)43(9,10)40-28(2)26-38-34(14-12-16-36(38)40)30-19-23-32(24-20-30)42(6,7)8;;;;;/h17-24,27-28,33-40H,11-16,25-26H2,1-10H3;11-26,39-40H,1-10H3;2*1H3;2*1H;/q;;2*-1;;;+4/p-2. The van der Waals surface area contributed by atoms with Crippen LogP contribution in [0.1, 0.15) is 241 Å². The first-order chi connectivity index (χ1) is 41.8. The number of allylic oxidation sites excluding steroid dienone is 2. The zero-order valence-corrected chi connectivity index (χ0v) is 66.7. The summed E-state index contributed by atoms with van der Waals surface area (Å²) in [5, 5.41) is 0. The Hall–Kier alpha value is -3.30. The quantitative estimate of drug-likeness (QED) is 0.105. The van der Waals surface area contributed by atoms with Crippen molar-refractivity contribution in [3.63, 3.8) is 0 Å². The molecule has 0 saturated heterocycles. The maximum absolute atomic E-state index is 4.93. The topological polar surface area (TPSA) is 0 Å². The number of rotatable bonds is 8. The van der Waals surface area contributed by atoms with Gasteiger partial charge in [-0.3, -0.25) is 0 Å². The second kappa shape index (κ2) is 28.4. The van der Waals surface area contributed by atoms with E-state index >= 15 is 0 Å². The molecule has 91 heavy (non-hydrogen) atoms. The van der Waals surface area contributed by atoms with Crippen LogP contribution < -0.4 is 0 Å². The molecule has 6 aromatic carbocycles. The van der Waals surface area contributed by atoms with E-state index in [1.807, 2.05) is 0 Å². The number of hydrogen-bond donors (Lipinski definition) is 0. The van der Waals surface area contributed by atoms with Gasteiger partial charge in [0, 0.05) is 11.1 Å². The van der Waals surface area contributed by atoms with Crippen LogP contribution in [0, 0.1) is 50.4 Å². The van der Waals surface area contributed by atoms with Crippen molar-refractivity contribution >= 4 is 45.3 Å². The van der Waals surface area contributed by atoms with E-state index in [1.165, 1.54) is 129 Å². The summed E-state index contributed by atoms with van der Waals surface area (Å²) in [5.41, 5.74) is 27.2. The minimum absolute atomic E-state index is 0. The molecule has 0 nitrogen and oxygen atoms in total. The Labute approximate surface area is 578 Å². The number of hydrogen-bond acceptors (Lipinski definition) is 0. The van der Waals surface area contributed by atoms with Crippen LogP contribution in [0.5, 0.6) is 0 Å². The van der Waals surface area contributed by atoms with Crippen LogP contribution in [-0.4, -0.2) is 16.1 Å². The van der Waals surface area contributed by atoms with Crippen LogP contribution in [0.15, 0.2) is 145 Å². The molecular weight excluding hydrogens is 1250 g/mol. The third kappa shape index (κ3) is 14.8. The first-order valence-corrected chi connectivity index (χ1v) is 47.4. The number of halogens is 2. The van der Waals surface area contributed by atoms with Crippen LogP contribution in [0.25, 0.3) is 34.4 Å². The second-order valence-electron chi connectivity index (χ2n) is 34.6. The number of fused-ring (bicyclic) bond motifs is 4. The molecular formula is C86H118Cl2Si2Zr. The van der Waals surface area contributed by atoms with Gasteiger partial charge in [-0.25, -0.2) is 0 Å². The average Bonchev–Trinajstić information content (AvgIpc) is 1.60. The molecule has 0 N–H and O–H groups in total. The molecule has 5 heteroatoms. The maximum atomic E-state index is 4.93. The van der Waals surface area contributed by atoms with E-state index in [0.29, 0.717) is 11.1 Å². The molecule has 0 amide bonds. The Morgan fingerprint density at radius 3 is 0.989 bits per heavy atom. The van der Waals surface area contributed by atoms with Gasteiger partial charge < -0.3 is 14.9 Å². The van der Waals surface area contributed by atoms with Crippen molar-refractivity contribution in [2.75, 3.05) is 0 Å². The summed E-state index contributed by atoms with van der Waals surface area (Å²) in [6.45, 7) is 49.0. The molecule has 0 bridgehead atoms. The summed E-state index contributed by atoms with van der Waals surface area (Å²) in [7, 11) is 6.44. The fourth-order valence-corrected chi connectivity index (χ4v) is 31.9. The van der Waals surface area contributed by atoms with E-state index in [4.69, 9.17) is 17.0 Å². The fourth-order valence-electron chi connectivity index (χ4n) is 20.3. The normalized spacial score (nSPS) is 26.1. The third-order valence-electron chi connectivity index (χ3n) is 24.0. The third-order valence-corrected chi connectivity index (χ3v) is 33.9. The van der Waals surface area contributed by atoms with Crippen molar-refractivity contribution in [1.29, 1.82) is 0 Å². The molecule has 488 valence electrons. The molecule has 6 aliphatic carbocycles. The Balaban J connectivity index is 0.000000220.